The third-order valence-electron chi connectivity index (χ3n) is 2.31. The number of carbonyl (C=O) groups excluding carboxylic acids is 2. The molecule has 0 heterocycles. The van der Waals surface area contributed by atoms with Crippen molar-refractivity contribution in [1.29, 1.82) is 0 Å². The number of methoxy groups -OCH3 is 1. The van der Waals surface area contributed by atoms with Crippen molar-refractivity contribution in [3.05, 3.63) is 0 Å². The Morgan fingerprint density at radius 1 is 1.33 bits per heavy atom. The lowest BCUT2D eigenvalue weighted by Crippen LogP contribution is -2.33. The van der Waals surface area contributed by atoms with Gasteiger partial charge in [-0.05, 0) is 13.5 Å². The van der Waals surface area contributed by atoms with Gasteiger partial charge >= 0.3 is 5.97 Å². The molecule has 0 saturated heterocycles. The highest BCUT2D eigenvalue weighted by Gasteiger charge is 2.25. The zero-order valence-electron chi connectivity index (χ0n) is 9.84. The summed E-state index contributed by atoms with van der Waals surface area (Å²) in [6.07, 6.45) is 3.42. The maximum atomic E-state index is 11.7. The summed E-state index contributed by atoms with van der Waals surface area (Å²) in [7, 11) is 3.03. The molecule has 4 heteroatoms. The summed E-state index contributed by atoms with van der Waals surface area (Å²) in [6, 6.07) is 0. The molecule has 0 fully saturated rings. The molecule has 0 amide bonds. The maximum Gasteiger partial charge on any atom is 0.317 e. The minimum atomic E-state index is -0.642. The van der Waals surface area contributed by atoms with Crippen molar-refractivity contribution < 1.29 is 14.3 Å². The molecular formula is C11H21NO3. The fourth-order valence-corrected chi connectivity index (χ4v) is 1.40. The fraction of sp³-hybridized carbons (Fsp3) is 0.818. The van der Waals surface area contributed by atoms with Gasteiger partial charge in [0, 0.05) is 13.0 Å². The molecule has 88 valence electrons. The number of unbranched alkanes of at least 4 members (excludes halogenated alkanes) is 2. The Balaban J connectivity index is 4.10. The third kappa shape index (κ3) is 5.52. The highest BCUT2D eigenvalue weighted by Crippen LogP contribution is 2.08. The number of nitrogens with one attached hydrogen (secondary N) is 1. The molecule has 1 atom stereocenters. The van der Waals surface area contributed by atoms with Gasteiger partial charge < -0.3 is 10.1 Å². The van der Waals surface area contributed by atoms with E-state index in [1.54, 1.807) is 7.05 Å². The van der Waals surface area contributed by atoms with Gasteiger partial charge in [-0.15, -0.1) is 0 Å². The van der Waals surface area contributed by atoms with Gasteiger partial charge in [-0.3, -0.25) is 9.59 Å². The first-order valence-electron chi connectivity index (χ1n) is 5.42. The molecule has 0 rings (SSSR count). The average molecular weight is 215 g/mol. The Labute approximate surface area is 91.4 Å². The Bertz CT molecular complexity index is 204. The molecule has 0 aromatic carbocycles. The maximum absolute atomic E-state index is 11.7. The molecule has 0 bridgehead atoms. The second-order valence-electron chi connectivity index (χ2n) is 3.56. The Kier molecular flexibility index (Phi) is 7.91. The molecule has 0 spiro atoms. The summed E-state index contributed by atoms with van der Waals surface area (Å²) >= 11 is 0. The van der Waals surface area contributed by atoms with Crippen LogP contribution in [-0.4, -0.2) is 32.5 Å². The van der Waals surface area contributed by atoms with Gasteiger partial charge in [-0.1, -0.05) is 19.8 Å². The molecule has 4 nitrogen and oxygen atoms in total. The molecule has 1 N–H and O–H groups in total. The third-order valence-corrected chi connectivity index (χ3v) is 2.31. The van der Waals surface area contributed by atoms with Crippen LogP contribution in [0.25, 0.3) is 0 Å². The summed E-state index contributed by atoms with van der Waals surface area (Å²) in [4.78, 5) is 23.0. The molecular weight excluding hydrogens is 194 g/mol. The predicted molar refractivity (Wildman–Crippen MR) is 58.6 cm³/mol. The van der Waals surface area contributed by atoms with Gasteiger partial charge in [0.05, 0.1) is 7.11 Å². The lowest BCUT2D eigenvalue weighted by molar-refractivity contribution is -0.149. The summed E-state index contributed by atoms with van der Waals surface area (Å²) in [5, 5.41) is 2.83. The van der Waals surface area contributed by atoms with Crippen molar-refractivity contribution in [2.24, 2.45) is 5.92 Å². The van der Waals surface area contributed by atoms with Crippen LogP contribution in [0.3, 0.4) is 0 Å². The number of carbonyl (C=O) groups is 2. The molecule has 0 aromatic rings. The van der Waals surface area contributed by atoms with E-state index in [2.05, 4.69) is 17.0 Å². The van der Waals surface area contributed by atoms with Gasteiger partial charge in [0.1, 0.15) is 11.7 Å². The van der Waals surface area contributed by atoms with E-state index in [9.17, 15) is 9.59 Å². The van der Waals surface area contributed by atoms with Crippen molar-refractivity contribution in [3.8, 4) is 0 Å². The van der Waals surface area contributed by atoms with E-state index in [1.165, 1.54) is 7.11 Å². The lowest BCUT2D eigenvalue weighted by Gasteiger charge is -2.12. The van der Waals surface area contributed by atoms with Crippen LogP contribution in [0.4, 0.5) is 0 Å². The number of hydrogen-bond acceptors (Lipinski definition) is 4. The summed E-state index contributed by atoms with van der Waals surface area (Å²) < 4.78 is 4.59. The predicted octanol–water partition coefficient (Wildman–Crippen LogP) is 1.14. The topological polar surface area (TPSA) is 55.4 Å². The van der Waals surface area contributed by atoms with E-state index in [0.29, 0.717) is 13.0 Å². The fourth-order valence-electron chi connectivity index (χ4n) is 1.40. The van der Waals surface area contributed by atoms with Crippen molar-refractivity contribution >= 4 is 11.8 Å². The smallest absolute Gasteiger partial charge is 0.317 e. The molecule has 1 unspecified atom stereocenters. The van der Waals surface area contributed by atoms with Gasteiger partial charge in [-0.25, -0.2) is 0 Å². The molecule has 0 aliphatic heterocycles. The van der Waals surface area contributed by atoms with Crippen LogP contribution in [0.1, 0.15) is 32.6 Å². The van der Waals surface area contributed by atoms with Crippen LogP contribution in [-0.2, 0) is 14.3 Å². The number of Topliss-reactive ketones (excluding diaryl/α,β-unsaturated/α-hetero) is 1. The van der Waals surface area contributed by atoms with Crippen molar-refractivity contribution in [2.75, 3.05) is 20.7 Å². The standard InChI is InChI=1S/C11H21NO3/c1-4-5-6-7-10(13)9(8-12-2)11(14)15-3/h9,12H,4-8H2,1-3H3. The zero-order valence-corrected chi connectivity index (χ0v) is 9.84. The molecule has 0 saturated carbocycles. The molecule has 0 aliphatic rings. The molecule has 0 radical (unpaired) electrons. The lowest BCUT2D eigenvalue weighted by atomic mass is 9.99. The number of esters is 1. The number of rotatable bonds is 8. The average Bonchev–Trinajstić information content (AvgIpc) is 2.25. The number of ether oxygens (including phenoxy) is 1. The summed E-state index contributed by atoms with van der Waals surface area (Å²) in [5.74, 6) is -1.10. The Morgan fingerprint density at radius 2 is 2.00 bits per heavy atom. The van der Waals surface area contributed by atoms with Crippen LogP contribution >= 0.6 is 0 Å². The highest BCUT2D eigenvalue weighted by molar-refractivity contribution is 5.99. The SMILES string of the molecule is CCCCCC(=O)C(CNC)C(=O)OC. The van der Waals surface area contributed by atoms with Crippen LogP contribution in [0, 0.1) is 5.92 Å². The quantitative estimate of drug-likeness (QED) is 0.375. The van der Waals surface area contributed by atoms with Gasteiger partial charge in [-0.2, -0.15) is 0 Å². The first kappa shape index (κ1) is 14.1. The summed E-state index contributed by atoms with van der Waals surface area (Å²) in [5.41, 5.74) is 0. The Morgan fingerprint density at radius 3 is 2.47 bits per heavy atom. The van der Waals surface area contributed by atoms with E-state index in [-0.39, 0.29) is 5.78 Å². The number of ketones is 1. The van der Waals surface area contributed by atoms with Crippen molar-refractivity contribution in [1.82, 2.24) is 5.32 Å². The first-order valence-corrected chi connectivity index (χ1v) is 5.42. The largest absolute Gasteiger partial charge is 0.468 e. The highest BCUT2D eigenvalue weighted by atomic mass is 16.5. The monoisotopic (exact) mass is 215 g/mol. The Hall–Kier alpha value is -0.900. The van der Waals surface area contributed by atoms with E-state index < -0.39 is 11.9 Å². The minimum Gasteiger partial charge on any atom is -0.468 e. The second-order valence-corrected chi connectivity index (χ2v) is 3.56. The van der Waals surface area contributed by atoms with Crippen LogP contribution in [0.5, 0.6) is 0 Å². The van der Waals surface area contributed by atoms with Gasteiger partial charge in [0.25, 0.3) is 0 Å². The number of hydrogen-bond donors (Lipinski definition) is 1. The molecule has 0 aromatic heterocycles. The van der Waals surface area contributed by atoms with Gasteiger partial charge in [0.15, 0.2) is 0 Å². The molecule has 0 aliphatic carbocycles. The zero-order chi connectivity index (χ0) is 11.7. The minimum absolute atomic E-state index is 0.0235. The van der Waals surface area contributed by atoms with Gasteiger partial charge in [0.2, 0.25) is 0 Å². The van der Waals surface area contributed by atoms with E-state index in [0.717, 1.165) is 19.3 Å². The normalized spacial score (nSPS) is 12.2. The van der Waals surface area contributed by atoms with Crippen molar-refractivity contribution in [3.63, 3.8) is 0 Å². The van der Waals surface area contributed by atoms with Crippen LogP contribution in [0.15, 0.2) is 0 Å². The van der Waals surface area contributed by atoms with Crippen LogP contribution < -0.4 is 5.32 Å². The summed E-state index contributed by atoms with van der Waals surface area (Å²) in [6.45, 7) is 2.44. The van der Waals surface area contributed by atoms with E-state index in [1.807, 2.05) is 0 Å². The molecule has 15 heavy (non-hydrogen) atoms. The second kappa shape index (κ2) is 8.41. The first-order chi connectivity index (χ1) is 7.17. The van der Waals surface area contributed by atoms with E-state index >= 15 is 0 Å². The van der Waals surface area contributed by atoms with E-state index in [4.69, 9.17) is 0 Å². The van der Waals surface area contributed by atoms with Crippen molar-refractivity contribution in [2.45, 2.75) is 32.6 Å². The van der Waals surface area contributed by atoms with Crippen LogP contribution in [0.2, 0.25) is 0 Å².